The van der Waals surface area contributed by atoms with Crippen LogP contribution in [-0.4, -0.2) is 42.9 Å². The van der Waals surface area contributed by atoms with Crippen LogP contribution in [0.4, 0.5) is 15.8 Å². The molecule has 0 aromatic heterocycles. The van der Waals surface area contributed by atoms with E-state index in [1.165, 1.54) is 37.4 Å². The number of benzene rings is 3. The first-order valence-corrected chi connectivity index (χ1v) is 12.4. The van der Waals surface area contributed by atoms with Crippen molar-refractivity contribution in [1.29, 1.82) is 0 Å². The number of Topliss-reactive ketones (excluding diaryl/α,β-unsaturated/α-hetero) is 1. The summed E-state index contributed by atoms with van der Waals surface area (Å²) in [5, 5.41) is 6.20. The number of esters is 1. The van der Waals surface area contributed by atoms with Gasteiger partial charge in [0.25, 0.3) is 0 Å². The number of nitrogen functional groups attached to an aromatic ring is 1. The molecule has 3 aromatic carbocycles. The minimum absolute atomic E-state index is 0.0946. The topological polar surface area (TPSA) is 137 Å². The third-order valence-corrected chi connectivity index (χ3v) is 7.05. The molecule has 198 valence electrons. The van der Waals surface area contributed by atoms with Crippen LogP contribution in [0.5, 0.6) is 0 Å². The normalized spacial score (nSPS) is 20.7. The lowest BCUT2D eigenvalue weighted by atomic mass is 9.85. The lowest BCUT2D eigenvalue weighted by Crippen LogP contribution is -2.42. The number of halogens is 3. The number of anilines is 2. The fraction of sp³-hybridized carbons (Fsp3) is 0.222. The van der Waals surface area contributed by atoms with Crippen LogP contribution in [0.15, 0.2) is 60.7 Å². The first-order valence-electron chi connectivity index (χ1n) is 11.6. The third kappa shape index (κ3) is 5.66. The van der Waals surface area contributed by atoms with Gasteiger partial charge in [-0.3, -0.25) is 9.59 Å². The minimum atomic E-state index is -0.992. The van der Waals surface area contributed by atoms with Gasteiger partial charge in [-0.15, -0.1) is 0 Å². The Labute approximate surface area is 228 Å². The Morgan fingerprint density at radius 1 is 1.08 bits per heavy atom. The first kappa shape index (κ1) is 27.5. The van der Waals surface area contributed by atoms with Gasteiger partial charge in [-0.2, -0.15) is 0 Å². The van der Waals surface area contributed by atoms with E-state index in [0.717, 1.165) is 0 Å². The summed E-state index contributed by atoms with van der Waals surface area (Å²) in [6.07, 6.45) is -0.136. The molecular formula is C27H25Cl2FN4O4. The van der Waals surface area contributed by atoms with E-state index in [-0.39, 0.29) is 39.6 Å². The number of nitrogens with two attached hydrogens (primary N) is 2. The molecule has 4 rings (SSSR count). The molecule has 1 fully saturated rings. The van der Waals surface area contributed by atoms with Crippen molar-refractivity contribution in [3.05, 3.63) is 93.2 Å². The molecule has 1 aliphatic rings. The van der Waals surface area contributed by atoms with Gasteiger partial charge in [0.1, 0.15) is 5.82 Å². The van der Waals surface area contributed by atoms with Gasteiger partial charge in [0.2, 0.25) is 5.91 Å². The average Bonchev–Trinajstić information content (AvgIpc) is 3.20. The van der Waals surface area contributed by atoms with Crippen molar-refractivity contribution in [2.75, 3.05) is 18.2 Å². The number of nitrogens with one attached hydrogen (secondary N) is 2. The molecule has 8 nitrogen and oxygen atoms in total. The highest BCUT2D eigenvalue weighted by Gasteiger charge is 2.47. The monoisotopic (exact) mass is 558 g/mol. The van der Waals surface area contributed by atoms with Crippen LogP contribution in [0.3, 0.4) is 0 Å². The average molecular weight is 559 g/mol. The number of hydrogen-bond donors (Lipinski definition) is 4. The zero-order valence-corrected chi connectivity index (χ0v) is 21.7. The second-order valence-electron chi connectivity index (χ2n) is 8.92. The molecule has 0 unspecified atom stereocenters. The van der Waals surface area contributed by atoms with Gasteiger partial charge < -0.3 is 26.8 Å². The van der Waals surface area contributed by atoms with Gasteiger partial charge in [-0.05, 0) is 48.0 Å². The number of amides is 1. The number of hydrogen-bond acceptors (Lipinski definition) is 7. The lowest BCUT2D eigenvalue weighted by Gasteiger charge is -2.23. The summed E-state index contributed by atoms with van der Waals surface area (Å²) in [7, 11) is 1.24. The Morgan fingerprint density at radius 3 is 2.50 bits per heavy atom. The molecule has 0 radical (unpaired) electrons. The first-order chi connectivity index (χ1) is 18.1. The Morgan fingerprint density at radius 2 is 1.82 bits per heavy atom. The molecular weight excluding hydrogens is 534 g/mol. The summed E-state index contributed by atoms with van der Waals surface area (Å²) in [6, 6.07) is 12.7. The number of carbonyl (C=O) groups is 3. The van der Waals surface area contributed by atoms with Crippen molar-refractivity contribution in [1.82, 2.24) is 5.32 Å². The van der Waals surface area contributed by atoms with Crippen LogP contribution in [-0.2, 0) is 9.53 Å². The number of ether oxygens (including phenoxy) is 1. The Balaban J connectivity index is 1.62. The maximum Gasteiger partial charge on any atom is 0.337 e. The predicted octanol–water partition coefficient (Wildman–Crippen LogP) is 4.16. The Hall–Kier alpha value is -3.50. The number of carbonyl (C=O) groups excluding carboxylic acids is 3. The minimum Gasteiger partial charge on any atom is -0.465 e. The predicted molar refractivity (Wildman–Crippen MR) is 144 cm³/mol. The van der Waals surface area contributed by atoms with Crippen molar-refractivity contribution in [3.63, 3.8) is 0 Å². The summed E-state index contributed by atoms with van der Waals surface area (Å²) in [5.41, 5.74) is 13.7. The van der Waals surface area contributed by atoms with Gasteiger partial charge in [-0.1, -0.05) is 41.4 Å². The van der Waals surface area contributed by atoms with Gasteiger partial charge in [0.05, 0.1) is 23.7 Å². The van der Waals surface area contributed by atoms with Gasteiger partial charge in [0.15, 0.2) is 5.78 Å². The lowest BCUT2D eigenvalue weighted by molar-refractivity contribution is -0.118. The highest BCUT2D eigenvalue weighted by molar-refractivity contribution is 6.31. The highest BCUT2D eigenvalue weighted by Crippen LogP contribution is 2.36. The van der Waals surface area contributed by atoms with E-state index in [1.54, 1.807) is 30.3 Å². The van der Waals surface area contributed by atoms with Crippen molar-refractivity contribution >= 4 is 52.2 Å². The molecule has 1 heterocycles. The smallest absolute Gasteiger partial charge is 0.337 e. The van der Waals surface area contributed by atoms with Crippen molar-refractivity contribution in [2.24, 2.45) is 5.73 Å². The molecule has 38 heavy (non-hydrogen) atoms. The SMILES string of the molecule is COC(=O)c1ccc(C(=O)C[C@@H]2N[C@@H](C(=O)Nc3cccc(Cl)c3)[C@@H](c3cccc(Cl)c3F)[C@@H]2N)c(N)c1. The molecule has 0 bridgehead atoms. The summed E-state index contributed by atoms with van der Waals surface area (Å²) in [4.78, 5) is 38.3. The summed E-state index contributed by atoms with van der Waals surface area (Å²) in [5.74, 6) is -2.97. The quantitative estimate of drug-likeness (QED) is 0.194. The molecule has 3 aromatic rings. The van der Waals surface area contributed by atoms with E-state index < -0.39 is 41.7 Å². The van der Waals surface area contributed by atoms with E-state index >= 15 is 4.39 Å². The molecule has 0 aliphatic carbocycles. The standard InChI is InChI=1S/C27H25Cl2FN4O4/c1-38-27(37)13-8-9-16(19(31)10-13)21(35)12-20-24(32)22(17-6-3-7-18(29)23(17)30)25(34-20)26(36)33-15-5-2-4-14(28)11-15/h2-11,20,22,24-25,34H,12,31-32H2,1H3,(H,33,36)/t20-,22-,24+,25+/m0/s1. The van der Waals surface area contributed by atoms with Crippen LogP contribution < -0.4 is 22.1 Å². The van der Waals surface area contributed by atoms with Gasteiger partial charge in [-0.25, -0.2) is 9.18 Å². The number of methoxy groups -OCH3 is 1. The second kappa shape index (κ2) is 11.5. The van der Waals surface area contributed by atoms with Crippen molar-refractivity contribution in [2.45, 2.75) is 30.5 Å². The Bertz CT molecular complexity index is 1400. The molecule has 1 aliphatic heterocycles. The number of rotatable bonds is 7. The van der Waals surface area contributed by atoms with E-state index in [4.69, 9.17) is 34.7 Å². The largest absolute Gasteiger partial charge is 0.465 e. The summed E-state index contributed by atoms with van der Waals surface area (Å²) >= 11 is 12.1. The van der Waals surface area contributed by atoms with E-state index in [0.29, 0.717) is 10.7 Å². The van der Waals surface area contributed by atoms with Crippen molar-refractivity contribution < 1.29 is 23.5 Å². The number of ketones is 1. The van der Waals surface area contributed by atoms with E-state index in [1.807, 2.05) is 0 Å². The van der Waals surface area contributed by atoms with Gasteiger partial charge >= 0.3 is 5.97 Å². The Kier molecular flexibility index (Phi) is 8.32. The summed E-state index contributed by atoms with van der Waals surface area (Å²) in [6.45, 7) is 0. The molecule has 0 spiro atoms. The fourth-order valence-corrected chi connectivity index (χ4v) is 5.05. The molecule has 6 N–H and O–H groups in total. The van der Waals surface area contributed by atoms with Crippen LogP contribution >= 0.6 is 23.2 Å². The molecule has 4 atom stereocenters. The molecule has 0 saturated carbocycles. The maximum atomic E-state index is 15.1. The van der Waals surface area contributed by atoms with E-state index in [2.05, 4.69) is 15.4 Å². The molecule has 1 saturated heterocycles. The summed E-state index contributed by atoms with van der Waals surface area (Å²) < 4.78 is 19.8. The second-order valence-corrected chi connectivity index (χ2v) is 9.76. The highest BCUT2D eigenvalue weighted by atomic mass is 35.5. The van der Waals surface area contributed by atoms with Crippen LogP contribution in [0.1, 0.15) is 38.6 Å². The van der Waals surface area contributed by atoms with E-state index in [9.17, 15) is 14.4 Å². The molecule has 1 amide bonds. The molecule has 11 heteroatoms. The zero-order valence-electron chi connectivity index (χ0n) is 20.2. The maximum absolute atomic E-state index is 15.1. The van der Waals surface area contributed by atoms with Crippen molar-refractivity contribution in [3.8, 4) is 0 Å². The van der Waals surface area contributed by atoms with Crippen LogP contribution in [0.2, 0.25) is 10.0 Å². The third-order valence-electron chi connectivity index (χ3n) is 6.53. The zero-order chi connectivity index (χ0) is 27.6. The fourth-order valence-electron chi connectivity index (χ4n) is 4.67. The van der Waals surface area contributed by atoms with Crippen LogP contribution in [0, 0.1) is 5.82 Å². The van der Waals surface area contributed by atoms with Gasteiger partial charge in [0, 0.05) is 46.4 Å². The van der Waals surface area contributed by atoms with Crippen LogP contribution in [0.25, 0.3) is 0 Å².